The molecule has 0 radical (unpaired) electrons. The summed E-state index contributed by atoms with van der Waals surface area (Å²) in [6.45, 7) is 0. The molecule has 2 nitrogen and oxygen atoms in total. The SMILES string of the molecule is Nc1ccc(S(=O)Cc2ccc(Br)cc2Cl)cc1Cl. The smallest absolute Gasteiger partial charge is 0.0647 e. The third-order valence-corrected chi connectivity index (χ3v) is 5.06. The summed E-state index contributed by atoms with van der Waals surface area (Å²) in [7, 11) is -1.21. The minimum absolute atomic E-state index is 0.340. The molecule has 0 aliphatic rings. The lowest BCUT2D eigenvalue weighted by atomic mass is 10.2. The summed E-state index contributed by atoms with van der Waals surface area (Å²) in [5.74, 6) is 0.340. The van der Waals surface area contributed by atoms with Gasteiger partial charge in [0.2, 0.25) is 0 Å². The van der Waals surface area contributed by atoms with Gasteiger partial charge < -0.3 is 5.73 Å². The summed E-state index contributed by atoms with van der Waals surface area (Å²) < 4.78 is 13.1. The van der Waals surface area contributed by atoms with E-state index in [1.807, 2.05) is 12.1 Å². The van der Waals surface area contributed by atoms with Crippen LogP contribution in [0.1, 0.15) is 5.56 Å². The van der Waals surface area contributed by atoms with Crippen LogP contribution in [0.4, 0.5) is 5.69 Å². The maximum atomic E-state index is 12.3. The largest absolute Gasteiger partial charge is 0.398 e. The molecule has 1 atom stereocenters. The highest BCUT2D eigenvalue weighted by molar-refractivity contribution is 9.10. The average Bonchev–Trinajstić information content (AvgIpc) is 2.36. The molecule has 19 heavy (non-hydrogen) atoms. The van der Waals surface area contributed by atoms with Crippen molar-refractivity contribution in [2.45, 2.75) is 10.6 Å². The van der Waals surface area contributed by atoms with Gasteiger partial charge in [-0.15, -0.1) is 0 Å². The maximum Gasteiger partial charge on any atom is 0.0647 e. The summed E-state index contributed by atoms with van der Waals surface area (Å²) in [6, 6.07) is 10.5. The fraction of sp³-hybridized carbons (Fsp3) is 0.0769. The standard InChI is InChI=1S/C13H10BrCl2NOS/c14-9-2-1-8(11(15)5-9)7-19(18)10-3-4-13(17)12(16)6-10/h1-6H,7,17H2. The molecule has 2 aromatic carbocycles. The molecular formula is C13H10BrCl2NOS. The predicted octanol–water partition coefficient (Wildman–Crippen LogP) is 4.65. The number of benzene rings is 2. The lowest BCUT2D eigenvalue weighted by Gasteiger charge is -2.06. The molecular weight excluding hydrogens is 369 g/mol. The molecule has 2 N–H and O–H groups in total. The summed E-state index contributed by atoms with van der Waals surface area (Å²) >= 11 is 15.4. The molecule has 0 aliphatic heterocycles. The van der Waals surface area contributed by atoms with Crippen LogP contribution in [-0.4, -0.2) is 4.21 Å². The molecule has 6 heteroatoms. The van der Waals surface area contributed by atoms with Crippen LogP contribution < -0.4 is 5.73 Å². The first-order valence-corrected chi connectivity index (χ1v) is 8.21. The Hall–Kier alpha value is -0.550. The normalized spacial score (nSPS) is 12.4. The topological polar surface area (TPSA) is 43.1 Å². The fourth-order valence-corrected chi connectivity index (χ4v) is 3.75. The van der Waals surface area contributed by atoms with Crippen molar-refractivity contribution in [3.05, 3.63) is 56.5 Å². The second-order valence-electron chi connectivity index (χ2n) is 3.91. The second kappa shape index (κ2) is 6.27. The van der Waals surface area contributed by atoms with E-state index in [0.717, 1.165) is 10.0 Å². The third kappa shape index (κ3) is 3.72. The van der Waals surface area contributed by atoms with Crippen molar-refractivity contribution in [1.82, 2.24) is 0 Å². The second-order valence-corrected chi connectivity index (χ2v) is 7.09. The summed E-state index contributed by atoms with van der Waals surface area (Å²) in [5, 5.41) is 0.997. The Morgan fingerprint density at radius 3 is 2.47 bits per heavy atom. The molecule has 0 saturated carbocycles. The number of halogens is 3. The van der Waals surface area contributed by atoms with Gasteiger partial charge in [0, 0.05) is 14.4 Å². The van der Waals surface area contributed by atoms with E-state index in [2.05, 4.69) is 15.9 Å². The molecule has 0 saturated heterocycles. The molecule has 0 aromatic heterocycles. The Balaban J connectivity index is 2.23. The predicted molar refractivity (Wildman–Crippen MR) is 85.1 cm³/mol. The van der Waals surface area contributed by atoms with Crippen LogP contribution >= 0.6 is 39.1 Å². The van der Waals surface area contributed by atoms with E-state index in [1.165, 1.54) is 0 Å². The highest BCUT2D eigenvalue weighted by Crippen LogP contribution is 2.26. The molecule has 100 valence electrons. The Bertz CT molecular complexity index is 649. The van der Waals surface area contributed by atoms with Gasteiger partial charge in [-0.25, -0.2) is 0 Å². The van der Waals surface area contributed by atoms with Gasteiger partial charge in [0.15, 0.2) is 0 Å². The first kappa shape index (κ1) is 14.9. The van der Waals surface area contributed by atoms with E-state index in [9.17, 15) is 4.21 Å². The van der Waals surface area contributed by atoms with Crippen LogP contribution in [0.25, 0.3) is 0 Å². The summed E-state index contributed by atoms with van der Waals surface area (Å²) in [6.07, 6.45) is 0. The first-order valence-electron chi connectivity index (χ1n) is 5.34. The van der Waals surface area contributed by atoms with E-state index in [1.54, 1.807) is 24.3 Å². The van der Waals surface area contributed by atoms with E-state index in [0.29, 0.717) is 26.4 Å². The van der Waals surface area contributed by atoms with Crippen LogP contribution in [0.15, 0.2) is 45.8 Å². The highest BCUT2D eigenvalue weighted by atomic mass is 79.9. The molecule has 0 bridgehead atoms. The van der Waals surface area contributed by atoms with Crippen LogP contribution in [0.5, 0.6) is 0 Å². The van der Waals surface area contributed by atoms with Gasteiger partial charge in [0.05, 0.1) is 27.3 Å². The minimum atomic E-state index is -1.21. The molecule has 2 aromatic rings. The zero-order valence-corrected chi connectivity index (χ0v) is 13.6. The number of hydrogen-bond acceptors (Lipinski definition) is 2. The van der Waals surface area contributed by atoms with Crippen LogP contribution in [0, 0.1) is 0 Å². The van der Waals surface area contributed by atoms with Gasteiger partial charge in [-0.05, 0) is 35.9 Å². The van der Waals surface area contributed by atoms with Crippen molar-refractivity contribution >= 4 is 55.6 Å². The van der Waals surface area contributed by atoms with E-state index in [4.69, 9.17) is 28.9 Å². The Morgan fingerprint density at radius 1 is 1.11 bits per heavy atom. The Labute approximate surface area is 132 Å². The average molecular weight is 379 g/mol. The molecule has 0 spiro atoms. The van der Waals surface area contributed by atoms with Gasteiger partial charge >= 0.3 is 0 Å². The van der Waals surface area contributed by atoms with E-state index >= 15 is 0 Å². The lowest BCUT2D eigenvalue weighted by molar-refractivity contribution is 0.682. The minimum Gasteiger partial charge on any atom is -0.398 e. The Kier molecular flexibility index (Phi) is 4.90. The van der Waals surface area contributed by atoms with Gasteiger partial charge in [0.1, 0.15) is 0 Å². The van der Waals surface area contributed by atoms with E-state index < -0.39 is 10.8 Å². The monoisotopic (exact) mass is 377 g/mol. The number of nitrogens with two attached hydrogens (primary N) is 1. The number of hydrogen-bond donors (Lipinski definition) is 1. The van der Waals surface area contributed by atoms with Crippen molar-refractivity contribution < 1.29 is 4.21 Å². The van der Waals surface area contributed by atoms with Crippen LogP contribution in [0.3, 0.4) is 0 Å². The quantitative estimate of drug-likeness (QED) is 0.790. The Morgan fingerprint density at radius 2 is 1.84 bits per heavy atom. The van der Waals surface area contributed by atoms with Crippen LogP contribution in [-0.2, 0) is 16.6 Å². The lowest BCUT2D eigenvalue weighted by Crippen LogP contribution is -1.98. The van der Waals surface area contributed by atoms with Crippen molar-refractivity contribution in [3.63, 3.8) is 0 Å². The summed E-state index contributed by atoms with van der Waals surface area (Å²) in [4.78, 5) is 0.637. The van der Waals surface area contributed by atoms with Crippen molar-refractivity contribution in [2.75, 3.05) is 5.73 Å². The number of anilines is 1. The fourth-order valence-electron chi connectivity index (χ4n) is 1.51. The number of nitrogen functional groups attached to an aromatic ring is 1. The van der Waals surface area contributed by atoms with Gasteiger partial charge in [0.25, 0.3) is 0 Å². The van der Waals surface area contributed by atoms with Crippen molar-refractivity contribution in [3.8, 4) is 0 Å². The molecule has 2 rings (SSSR count). The molecule has 0 amide bonds. The summed E-state index contributed by atoms with van der Waals surface area (Å²) in [5.41, 5.74) is 6.93. The molecule has 0 aliphatic carbocycles. The van der Waals surface area contributed by atoms with E-state index in [-0.39, 0.29) is 0 Å². The van der Waals surface area contributed by atoms with Gasteiger partial charge in [-0.1, -0.05) is 45.2 Å². The zero-order chi connectivity index (χ0) is 14.0. The third-order valence-electron chi connectivity index (χ3n) is 2.54. The van der Waals surface area contributed by atoms with Crippen LogP contribution in [0.2, 0.25) is 10.0 Å². The first-order chi connectivity index (χ1) is 8.97. The molecule has 0 fully saturated rings. The highest BCUT2D eigenvalue weighted by Gasteiger charge is 2.10. The zero-order valence-electron chi connectivity index (χ0n) is 9.70. The number of rotatable bonds is 3. The maximum absolute atomic E-state index is 12.3. The van der Waals surface area contributed by atoms with Gasteiger partial charge in [-0.3, -0.25) is 4.21 Å². The van der Waals surface area contributed by atoms with Crippen molar-refractivity contribution in [1.29, 1.82) is 0 Å². The molecule has 0 heterocycles. The van der Waals surface area contributed by atoms with Gasteiger partial charge in [-0.2, -0.15) is 0 Å². The van der Waals surface area contributed by atoms with Crippen molar-refractivity contribution in [2.24, 2.45) is 0 Å². The molecule has 1 unspecified atom stereocenters.